The minimum absolute atomic E-state index is 0.199. The van der Waals surface area contributed by atoms with Crippen molar-refractivity contribution in [1.29, 1.82) is 0 Å². The van der Waals surface area contributed by atoms with E-state index < -0.39 is 0 Å². The largest absolute Gasteiger partial charge is 0.469 e. The number of hydrogen-bond donors (Lipinski definition) is 0. The van der Waals surface area contributed by atoms with Gasteiger partial charge in [0.2, 0.25) is 0 Å². The lowest BCUT2D eigenvalue weighted by Gasteiger charge is -2.06. The molecule has 2 aromatic rings. The molecular formula is C12H13ClOS. The number of thiophene rings is 1. The van der Waals surface area contributed by atoms with E-state index >= 15 is 0 Å². The lowest BCUT2D eigenvalue weighted by molar-refractivity contribution is 0.499. The molecule has 0 spiro atoms. The molecule has 0 aliphatic carbocycles. The fourth-order valence-corrected chi connectivity index (χ4v) is 2.49. The number of hydrogen-bond acceptors (Lipinski definition) is 2. The Hall–Kier alpha value is -0.730. The topological polar surface area (TPSA) is 13.1 Å². The van der Waals surface area contributed by atoms with E-state index in [2.05, 4.69) is 16.8 Å². The summed E-state index contributed by atoms with van der Waals surface area (Å²) < 4.78 is 5.26. The molecule has 80 valence electrons. The predicted octanol–water partition coefficient (Wildman–Crippen LogP) is 4.12. The summed E-state index contributed by atoms with van der Waals surface area (Å²) in [6.07, 6.45) is 4.54. The maximum absolute atomic E-state index is 6.25. The number of halogens is 1. The van der Waals surface area contributed by atoms with Gasteiger partial charge in [0.1, 0.15) is 5.76 Å². The molecule has 0 fully saturated rings. The van der Waals surface area contributed by atoms with Gasteiger partial charge in [-0.3, -0.25) is 0 Å². The molecule has 0 saturated heterocycles. The SMILES string of the molecule is ClC(CCc1ccco1)Cc1ccsc1. The van der Waals surface area contributed by atoms with Crippen LogP contribution in [-0.2, 0) is 12.8 Å². The lowest BCUT2D eigenvalue weighted by atomic mass is 10.1. The van der Waals surface area contributed by atoms with E-state index in [-0.39, 0.29) is 5.38 Å². The number of alkyl halides is 1. The second-order valence-corrected chi connectivity index (χ2v) is 4.95. The summed E-state index contributed by atoms with van der Waals surface area (Å²) in [7, 11) is 0. The summed E-state index contributed by atoms with van der Waals surface area (Å²) in [4.78, 5) is 0. The molecule has 0 aliphatic heterocycles. The Bertz CT molecular complexity index is 366. The number of aryl methyl sites for hydroxylation is 1. The van der Waals surface area contributed by atoms with Gasteiger partial charge in [-0.2, -0.15) is 11.3 Å². The summed E-state index contributed by atoms with van der Waals surface area (Å²) in [5.74, 6) is 1.02. The minimum atomic E-state index is 0.199. The second kappa shape index (κ2) is 5.38. The predicted molar refractivity (Wildman–Crippen MR) is 64.7 cm³/mol. The van der Waals surface area contributed by atoms with Gasteiger partial charge in [-0.1, -0.05) is 0 Å². The summed E-state index contributed by atoms with van der Waals surface area (Å²) in [6, 6.07) is 6.04. The molecule has 2 heterocycles. The molecule has 1 unspecified atom stereocenters. The van der Waals surface area contributed by atoms with Crippen LogP contribution in [0.3, 0.4) is 0 Å². The van der Waals surface area contributed by atoms with Gasteiger partial charge in [0.25, 0.3) is 0 Å². The van der Waals surface area contributed by atoms with Crippen LogP contribution in [0.15, 0.2) is 39.6 Å². The fraction of sp³-hybridized carbons (Fsp3) is 0.333. The highest BCUT2D eigenvalue weighted by Gasteiger charge is 2.07. The molecule has 0 amide bonds. The Kier molecular flexibility index (Phi) is 3.87. The Labute approximate surface area is 98.7 Å². The minimum Gasteiger partial charge on any atom is -0.469 e. The van der Waals surface area contributed by atoms with Crippen molar-refractivity contribution in [2.45, 2.75) is 24.6 Å². The number of furan rings is 1. The van der Waals surface area contributed by atoms with Crippen molar-refractivity contribution in [3.63, 3.8) is 0 Å². The molecule has 3 heteroatoms. The van der Waals surface area contributed by atoms with E-state index in [1.165, 1.54) is 5.56 Å². The van der Waals surface area contributed by atoms with Crippen molar-refractivity contribution in [2.24, 2.45) is 0 Å². The van der Waals surface area contributed by atoms with Gasteiger partial charge in [-0.25, -0.2) is 0 Å². The summed E-state index contributed by atoms with van der Waals surface area (Å²) in [6.45, 7) is 0. The molecule has 1 atom stereocenters. The molecule has 15 heavy (non-hydrogen) atoms. The van der Waals surface area contributed by atoms with Crippen LogP contribution in [-0.4, -0.2) is 5.38 Å². The zero-order chi connectivity index (χ0) is 10.5. The molecule has 0 saturated carbocycles. The van der Waals surface area contributed by atoms with E-state index in [9.17, 15) is 0 Å². The Morgan fingerprint density at radius 3 is 3.00 bits per heavy atom. The van der Waals surface area contributed by atoms with Gasteiger partial charge in [0.15, 0.2) is 0 Å². The Morgan fingerprint density at radius 1 is 1.40 bits per heavy atom. The van der Waals surface area contributed by atoms with E-state index in [0.29, 0.717) is 0 Å². The molecule has 0 radical (unpaired) electrons. The standard InChI is InChI=1S/C12H13ClOS/c13-11(8-10-5-7-15-9-10)3-4-12-2-1-6-14-12/h1-2,5-7,9,11H,3-4,8H2. The highest BCUT2D eigenvalue weighted by molar-refractivity contribution is 7.07. The molecule has 2 aromatic heterocycles. The highest BCUT2D eigenvalue weighted by atomic mass is 35.5. The summed E-state index contributed by atoms with van der Waals surface area (Å²) >= 11 is 7.97. The van der Waals surface area contributed by atoms with Gasteiger partial charge < -0.3 is 4.42 Å². The van der Waals surface area contributed by atoms with Crippen LogP contribution in [0.25, 0.3) is 0 Å². The maximum Gasteiger partial charge on any atom is 0.103 e. The first-order valence-electron chi connectivity index (χ1n) is 5.02. The third-order valence-electron chi connectivity index (χ3n) is 2.32. The third kappa shape index (κ3) is 3.40. The quantitative estimate of drug-likeness (QED) is 0.717. The van der Waals surface area contributed by atoms with E-state index in [0.717, 1.165) is 25.0 Å². The van der Waals surface area contributed by atoms with Crippen molar-refractivity contribution in [2.75, 3.05) is 0 Å². The second-order valence-electron chi connectivity index (χ2n) is 3.55. The normalized spacial score (nSPS) is 12.9. The molecule has 1 nitrogen and oxygen atoms in total. The van der Waals surface area contributed by atoms with Crippen molar-refractivity contribution in [1.82, 2.24) is 0 Å². The average Bonchev–Trinajstić information content (AvgIpc) is 2.86. The van der Waals surface area contributed by atoms with Gasteiger partial charge in [0, 0.05) is 11.8 Å². The van der Waals surface area contributed by atoms with Crippen LogP contribution in [0.2, 0.25) is 0 Å². The van der Waals surface area contributed by atoms with E-state index in [1.807, 2.05) is 12.1 Å². The van der Waals surface area contributed by atoms with Gasteiger partial charge >= 0.3 is 0 Å². The van der Waals surface area contributed by atoms with E-state index in [1.54, 1.807) is 17.6 Å². The molecule has 2 rings (SSSR count). The Morgan fingerprint density at radius 2 is 2.33 bits per heavy atom. The van der Waals surface area contributed by atoms with Crippen LogP contribution in [0.4, 0.5) is 0 Å². The first-order chi connectivity index (χ1) is 7.34. The van der Waals surface area contributed by atoms with Crippen LogP contribution in [0.1, 0.15) is 17.7 Å². The summed E-state index contributed by atoms with van der Waals surface area (Å²) in [5, 5.41) is 4.44. The van der Waals surface area contributed by atoms with Crippen LogP contribution < -0.4 is 0 Å². The van der Waals surface area contributed by atoms with Crippen molar-refractivity contribution < 1.29 is 4.42 Å². The molecule has 0 N–H and O–H groups in total. The fourth-order valence-electron chi connectivity index (χ4n) is 1.52. The van der Waals surface area contributed by atoms with Crippen molar-refractivity contribution in [3.05, 3.63) is 46.5 Å². The van der Waals surface area contributed by atoms with Gasteiger partial charge in [-0.15, -0.1) is 11.6 Å². The van der Waals surface area contributed by atoms with Crippen LogP contribution in [0.5, 0.6) is 0 Å². The first kappa shape index (κ1) is 10.8. The highest BCUT2D eigenvalue weighted by Crippen LogP contribution is 2.16. The van der Waals surface area contributed by atoms with Crippen molar-refractivity contribution in [3.8, 4) is 0 Å². The monoisotopic (exact) mass is 240 g/mol. The smallest absolute Gasteiger partial charge is 0.103 e. The molecule has 0 bridgehead atoms. The average molecular weight is 241 g/mol. The Balaban J connectivity index is 1.76. The number of rotatable bonds is 5. The van der Waals surface area contributed by atoms with Crippen LogP contribution in [0, 0.1) is 0 Å². The third-order valence-corrected chi connectivity index (χ3v) is 3.43. The van der Waals surface area contributed by atoms with Crippen LogP contribution >= 0.6 is 22.9 Å². The summed E-state index contributed by atoms with van der Waals surface area (Å²) in [5.41, 5.74) is 1.33. The molecule has 0 aromatic carbocycles. The van der Waals surface area contributed by atoms with Gasteiger partial charge in [-0.05, 0) is 47.4 Å². The maximum atomic E-state index is 6.25. The van der Waals surface area contributed by atoms with Gasteiger partial charge in [0.05, 0.1) is 6.26 Å². The lowest BCUT2D eigenvalue weighted by Crippen LogP contribution is -2.03. The first-order valence-corrected chi connectivity index (χ1v) is 6.40. The zero-order valence-corrected chi connectivity index (χ0v) is 9.93. The molecule has 0 aliphatic rings. The van der Waals surface area contributed by atoms with E-state index in [4.69, 9.17) is 16.0 Å². The molecular weight excluding hydrogens is 228 g/mol. The van der Waals surface area contributed by atoms with Crippen molar-refractivity contribution >= 4 is 22.9 Å². The zero-order valence-electron chi connectivity index (χ0n) is 8.36.